The Bertz CT molecular complexity index is 574. The normalized spacial score (nSPS) is 21.9. The molecule has 99 valence electrons. The number of imide groups is 1. The minimum Gasteiger partial charge on any atom is -0.303 e. The maximum Gasteiger partial charge on any atom is 0.333 e. The molecule has 1 saturated heterocycles. The smallest absolute Gasteiger partial charge is 0.303 e. The Labute approximate surface area is 122 Å². The van der Waals surface area contributed by atoms with E-state index in [4.69, 9.17) is 11.6 Å². The van der Waals surface area contributed by atoms with Crippen LogP contribution in [0.3, 0.4) is 0 Å². The first-order valence-corrected chi connectivity index (χ1v) is 6.37. The number of benzene rings is 1. The first-order valence-electron chi connectivity index (χ1n) is 5.99. The molecule has 1 saturated carbocycles. The third kappa shape index (κ3) is 2.43. The SMILES string of the molecule is O=C1N/C(=C\[C]2[CH][CH][CH][CH]2)C(=O)N1c1ccc(Cl)cc1. The van der Waals surface area contributed by atoms with E-state index < -0.39 is 6.03 Å². The third-order valence-corrected chi connectivity index (χ3v) is 3.21. The van der Waals surface area contributed by atoms with Crippen LogP contribution in [-0.4, -0.2) is 11.9 Å². The number of anilines is 1. The highest BCUT2D eigenvalue weighted by atomic mass is 35.5. The van der Waals surface area contributed by atoms with Crippen LogP contribution in [0.4, 0.5) is 10.5 Å². The second-order valence-electron chi connectivity index (χ2n) is 4.32. The number of allylic oxidation sites excluding steroid dienone is 1. The number of halogens is 1. The molecular formula is C15H10ClN2O2. The zero-order valence-corrected chi connectivity index (χ0v) is 11.1. The number of amides is 3. The Balaban J connectivity index is 1.84. The average Bonchev–Trinajstić information content (AvgIpc) is 3.02. The lowest BCUT2D eigenvalue weighted by Crippen LogP contribution is -2.30. The molecule has 1 aromatic rings. The van der Waals surface area contributed by atoms with Gasteiger partial charge in [0.2, 0.25) is 0 Å². The topological polar surface area (TPSA) is 49.4 Å². The maximum atomic E-state index is 12.3. The minimum absolute atomic E-state index is 0.260. The highest BCUT2D eigenvalue weighted by Crippen LogP contribution is 2.28. The lowest BCUT2D eigenvalue weighted by atomic mass is 10.1. The summed E-state index contributed by atoms with van der Waals surface area (Å²) < 4.78 is 0. The number of hydrogen-bond acceptors (Lipinski definition) is 2. The van der Waals surface area contributed by atoms with Crippen molar-refractivity contribution >= 4 is 29.2 Å². The molecule has 1 heterocycles. The molecule has 2 aliphatic rings. The standard InChI is InChI=1S/C15H10ClN2O2/c16-11-5-7-12(8-6-11)18-14(19)13(17-15(18)20)9-10-3-1-2-4-10/h1-9H,(H,17,20)/b13-9-. The van der Waals surface area contributed by atoms with Crippen molar-refractivity contribution in [3.63, 3.8) is 0 Å². The van der Waals surface area contributed by atoms with Crippen LogP contribution in [0.2, 0.25) is 5.02 Å². The molecule has 0 atom stereocenters. The number of rotatable bonds is 2. The molecule has 5 radical (unpaired) electrons. The van der Waals surface area contributed by atoms with Gasteiger partial charge in [0, 0.05) is 10.9 Å². The molecular weight excluding hydrogens is 276 g/mol. The van der Waals surface area contributed by atoms with Crippen LogP contribution >= 0.6 is 11.6 Å². The molecule has 0 spiro atoms. The molecule has 1 N–H and O–H groups in total. The first-order chi connectivity index (χ1) is 9.65. The van der Waals surface area contributed by atoms with Gasteiger partial charge in [0.05, 0.1) is 5.69 Å². The summed E-state index contributed by atoms with van der Waals surface area (Å²) in [6, 6.07) is 6.07. The second-order valence-corrected chi connectivity index (χ2v) is 4.76. The van der Waals surface area contributed by atoms with Crippen molar-refractivity contribution in [1.82, 2.24) is 5.32 Å². The Morgan fingerprint density at radius 1 is 1.05 bits per heavy atom. The zero-order valence-electron chi connectivity index (χ0n) is 10.3. The molecule has 2 fully saturated rings. The van der Waals surface area contributed by atoms with Crippen LogP contribution in [0.5, 0.6) is 0 Å². The zero-order chi connectivity index (χ0) is 14.1. The van der Waals surface area contributed by atoms with Gasteiger partial charge in [-0.3, -0.25) is 4.79 Å². The fourth-order valence-electron chi connectivity index (χ4n) is 2.01. The van der Waals surface area contributed by atoms with Gasteiger partial charge in [-0.15, -0.1) is 0 Å². The largest absolute Gasteiger partial charge is 0.333 e. The molecule has 1 aliphatic carbocycles. The summed E-state index contributed by atoms with van der Waals surface area (Å²) in [6.45, 7) is 0. The van der Waals surface area contributed by atoms with E-state index in [0.717, 1.165) is 10.8 Å². The second kappa shape index (κ2) is 5.29. The summed E-state index contributed by atoms with van der Waals surface area (Å²) >= 11 is 5.80. The van der Waals surface area contributed by atoms with Crippen molar-refractivity contribution in [2.45, 2.75) is 0 Å². The van der Waals surface area contributed by atoms with Gasteiger partial charge in [0.15, 0.2) is 0 Å². The van der Waals surface area contributed by atoms with Crippen molar-refractivity contribution in [2.75, 3.05) is 4.90 Å². The van der Waals surface area contributed by atoms with Gasteiger partial charge in [0.1, 0.15) is 5.70 Å². The molecule has 5 heteroatoms. The van der Waals surface area contributed by atoms with E-state index in [0.29, 0.717) is 10.7 Å². The monoisotopic (exact) mass is 285 g/mol. The fourth-order valence-corrected chi connectivity index (χ4v) is 2.14. The predicted octanol–water partition coefficient (Wildman–Crippen LogP) is 2.69. The Morgan fingerprint density at radius 2 is 1.70 bits per heavy atom. The van der Waals surface area contributed by atoms with Crippen LogP contribution in [0.25, 0.3) is 0 Å². The van der Waals surface area contributed by atoms with Gasteiger partial charge in [-0.2, -0.15) is 0 Å². The number of urea groups is 1. The summed E-state index contributed by atoms with van der Waals surface area (Å²) in [5.74, 6) is 0.491. The van der Waals surface area contributed by atoms with Crippen molar-refractivity contribution < 1.29 is 9.59 Å². The summed E-state index contributed by atoms with van der Waals surface area (Å²) in [7, 11) is 0. The third-order valence-electron chi connectivity index (χ3n) is 2.96. The molecule has 0 unspecified atom stereocenters. The van der Waals surface area contributed by atoms with Crippen molar-refractivity contribution in [1.29, 1.82) is 0 Å². The summed E-state index contributed by atoms with van der Waals surface area (Å²) in [4.78, 5) is 25.3. The lowest BCUT2D eigenvalue weighted by molar-refractivity contribution is -0.113. The average molecular weight is 286 g/mol. The predicted molar refractivity (Wildman–Crippen MR) is 76.0 cm³/mol. The quantitative estimate of drug-likeness (QED) is 0.671. The van der Waals surface area contributed by atoms with Crippen LogP contribution in [-0.2, 0) is 4.79 Å². The molecule has 1 aromatic carbocycles. The van der Waals surface area contributed by atoms with E-state index in [9.17, 15) is 9.59 Å². The van der Waals surface area contributed by atoms with E-state index in [-0.39, 0.29) is 11.6 Å². The highest BCUT2D eigenvalue weighted by molar-refractivity contribution is 6.31. The van der Waals surface area contributed by atoms with E-state index in [2.05, 4.69) is 5.32 Å². The Kier molecular flexibility index (Phi) is 3.49. The first kappa shape index (κ1) is 13.2. The Hall–Kier alpha value is -1.81. The molecule has 20 heavy (non-hydrogen) atoms. The molecule has 0 bridgehead atoms. The lowest BCUT2D eigenvalue weighted by Gasteiger charge is -2.11. The van der Waals surface area contributed by atoms with Gasteiger partial charge in [-0.1, -0.05) is 11.6 Å². The molecule has 3 rings (SSSR count). The van der Waals surface area contributed by atoms with Gasteiger partial charge in [-0.05, 0) is 56.0 Å². The number of carbonyl (C=O) groups excluding carboxylic acids is 2. The number of nitrogens with one attached hydrogen (secondary N) is 1. The molecule has 0 aromatic heterocycles. The maximum absolute atomic E-state index is 12.3. The van der Waals surface area contributed by atoms with Gasteiger partial charge in [-0.25, -0.2) is 9.69 Å². The van der Waals surface area contributed by atoms with Crippen LogP contribution < -0.4 is 10.2 Å². The van der Waals surface area contributed by atoms with E-state index in [1.807, 2.05) is 25.7 Å². The van der Waals surface area contributed by atoms with Crippen LogP contribution in [0.15, 0.2) is 36.0 Å². The molecule has 4 nitrogen and oxygen atoms in total. The van der Waals surface area contributed by atoms with Crippen molar-refractivity contribution in [2.24, 2.45) is 0 Å². The molecule has 1 aliphatic heterocycles. The minimum atomic E-state index is -0.463. The number of hydrogen-bond donors (Lipinski definition) is 1. The van der Waals surface area contributed by atoms with E-state index in [1.54, 1.807) is 30.3 Å². The van der Waals surface area contributed by atoms with Gasteiger partial charge in [0.25, 0.3) is 5.91 Å². The fraction of sp³-hybridized carbons (Fsp3) is 0. The highest BCUT2D eigenvalue weighted by Gasteiger charge is 2.35. The summed E-state index contributed by atoms with van der Waals surface area (Å²) in [5.41, 5.74) is 0.749. The van der Waals surface area contributed by atoms with Crippen molar-refractivity contribution in [3.8, 4) is 0 Å². The van der Waals surface area contributed by atoms with E-state index in [1.165, 1.54) is 0 Å². The van der Waals surface area contributed by atoms with Gasteiger partial charge < -0.3 is 5.32 Å². The van der Waals surface area contributed by atoms with Crippen molar-refractivity contribution in [3.05, 3.63) is 72.7 Å². The number of carbonyl (C=O) groups is 2. The van der Waals surface area contributed by atoms with Gasteiger partial charge >= 0.3 is 6.03 Å². The summed E-state index contributed by atoms with van der Waals surface area (Å²) in [6.07, 6.45) is 9.10. The number of nitrogens with zero attached hydrogens (tertiary/aromatic N) is 1. The summed E-state index contributed by atoms with van der Waals surface area (Å²) in [5, 5.41) is 3.12. The van der Waals surface area contributed by atoms with E-state index >= 15 is 0 Å². The van der Waals surface area contributed by atoms with Crippen LogP contribution in [0, 0.1) is 31.6 Å². The van der Waals surface area contributed by atoms with Crippen LogP contribution in [0.1, 0.15) is 0 Å². The molecule has 3 amide bonds. The Morgan fingerprint density at radius 3 is 2.35 bits per heavy atom.